The fourth-order valence-corrected chi connectivity index (χ4v) is 1.84. The molecule has 0 radical (unpaired) electrons. The molecular weight excluding hydrogens is 194 g/mol. The number of likely N-dealkylation sites (N-methyl/N-ethyl adjacent to an activating group) is 1. The molecule has 2 unspecified atom stereocenters. The zero-order chi connectivity index (χ0) is 11.3. The first-order valence-corrected chi connectivity index (χ1v) is 5.63. The van der Waals surface area contributed by atoms with Gasteiger partial charge in [-0.1, -0.05) is 0 Å². The molecule has 1 aliphatic heterocycles. The molecule has 15 heavy (non-hydrogen) atoms. The van der Waals surface area contributed by atoms with Crippen molar-refractivity contribution < 1.29 is 14.6 Å². The molecule has 4 nitrogen and oxygen atoms in total. The summed E-state index contributed by atoms with van der Waals surface area (Å²) in [5.74, 6) is -0.715. The van der Waals surface area contributed by atoms with Gasteiger partial charge in [-0.3, -0.25) is 4.79 Å². The molecule has 1 rings (SSSR count). The van der Waals surface area contributed by atoms with Crippen LogP contribution < -0.4 is 0 Å². The average molecular weight is 215 g/mol. The first-order chi connectivity index (χ1) is 7.09. The standard InChI is InChI=1S/C11H21NO3/c1-9(5-6-11(13)14)12(2)8-10-4-3-7-15-10/h9-10H,3-8H2,1-2H3,(H,13,14). The average Bonchev–Trinajstić information content (AvgIpc) is 2.66. The van der Waals surface area contributed by atoms with E-state index < -0.39 is 5.97 Å². The van der Waals surface area contributed by atoms with Gasteiger partial charge in [0, 0.05) is 25.6 Å². The largest absolute Gasteiger partial charge is 0.481 e. The Labute approximate surface area is 91.2 Å². The van der Waals surface area contributed by atoms with Crippen LogP contribution in [0, 0.1) is 0 Å². The number of hydrogen-bond donors (Lipinski definition) is 1. The minimum absolute atomic E-state index is 0.247. The van der Waals surface area contributed by atoms with E-state index in [1.54, 1.807) is 0 Å². The second kappa shape index (κ2) is 6.08. The van der Waals surface area contributed by atoms with E-state index in [0.29, 0.717) is 18.6 Å². The van der Waals surface area contributed by atoms with E-state index in [9.17, 15) is 4.79 Å². The molecule has 0 amide bonds. The van der Waals surface area contributed by atoms with Gasteiger partial charge in [-0.05, 0) is 33.2 Å². The predicted octanol–water partition coefficient (Wildman–Crippen LogP) is 1.35. The molecular formula is C11H21NO3. The lowest BCUT2D eigenvalue weighted by molar-refractivity contribution is -0.137. The first-order valence-electron chi connectivity index (χ1n) is 5.63. The number of rotatable bonds is 6. The van der Waals surface area contributed by atoms with Gasteiger partial charge in [0.2, 0.25) is 0 Å². The van der Waals surface area contributed by atoms with Crippen LogP contribution in [0.4, 0.5) is 0 Å². The van der Waals surface area contributed by atoms with E-state index in [0.717, 1.165) is 26.0 Å². The lowest BCUT2D eigenvalue weighted by atomic mass is 10.1. The van der Waals surface area contributed by atoms with E-state index in [1.165, 1.54) is 0 Å². The van der Waals surface area contributed by atoms with Crippen molar-refractivity contribution in [1.82, 2.24) is 4.90 Å². The molecule has 2 atom stereocenters. The van der Waals surface area contributed by atoms with Gasteiger partial charge >= 0.3 is 5.97 Å². The van der Waals surface area contributed by atoms with Crippen molar-refractivity contribution in [3.63, 3.8) is 0 Å². The topological polar surface area (TPSA) is 49.8 Å². The maximum absolute atomic E-state index is 10.4. The molecule has 0 aliphatic carbocycles. The van der Waals surface area contributed by atoms with Crippen LogP contribution in [0.5, 0.6) is 0 Å². The van der Waals surface area contributed by atoms with Crippen molar-refractivity contribution in [3.05, 3.63) is 0 Å². The van der Waals surface area contributed by atoms with Gasteiger partial charge in [0.15, 0.2) is 0 Å². The second-order valence-electron chi connectivity index (χ2n) is 4.36. The van der Waals surface area contributed by atoms with Gasteiger partial charge in [0.05, 0.1) is 6.10 Å². The van der Waals surface area contributed by atoms with E-state index in [-0.39, 0.29) is 6.42 Å². The van der Waals surface area contributed by atoms with E-state index in [4.69, 9.17) is 9.84 Å². The summed E-state index contributed by atoms with van der Waals surface area (Å²) >= 11 is 0. The SMILES string of the molecule is CC(CCC(=O)O)N(C)CC1CCCO1. The van der Waals surface area contributed by atoms with Crippen molar-refractivity contribution in [3.8, 4) is 0 Å². The Morgan fingerprint density at radius 3 is 2.93 bits per heavy atom. The van der Waals surface area contributed by atoms with Gasteiger partial charge in [-0.15, -0.1) is 0 Å². The lowest BCUT2D eigenvalue weighted by Crippen LogP contribution is -2.35. The van der Waals surface area contributed by atoms with Crippen molar-refractivity contribution in [2.75, 3.05) is 20.2 Å². The zero-order valence-electron chi connectivity index (χ0n) is 9.61. The maximum Gasteiger partial charge on any atom is 0.303 e. The summed E-state index contributed by atoms with van der Waals surface area (Å²) in [5, 5.41) is 8.59. The summed E-state index contributed by atoms with van der Waals surface area (Å²) in [4.78, 5) is 12.6. The molecule has 0 aromatic rings. The van der Waals surface area contributed by atoms with Crippen molar-refractivity contribution in [1.29, 1.82) is 0 Å². The van der Waals surface area contributed by atoms with Crippen LogP contribution in [0.25, 0.3) is 0 Å². The highest BCUT2D eigenvalue weighted by Gasteiger charge is 2.20. The van der Waals surface area contributed by atoms with Crippen LogP contribution in [0.2, 0.25) is 0 Å². The number of nitrogens with zero attached hydrogens (tertiary/aromatic N) is 1. The first kappa shape index (κ1) is 12.5. The molecule has 0 spiro atoms. The zero-order valence-corrected chi connectivity index (χ0v) is 9.61. The normalized spacial score (nSPS) is 23.3. The summed E-state index contributed by atoms with van der Waals surface area (Å²) in [5.41, 5.74) is 0. The Hall–Kier alpha value is -0.610. The second-order valence-corrected chi connectivity index (χ2v) is 4.36. The minimum atomic E-state index is -0.715. The molecule has 1 saturated heterocycles. The summed E-state index contributed by atoms with van der Waals surface area (Å²) in [6, 6.07) is 0.310. The summed E-state index contributed by atoms with van der Waals surface area (Å²) in [7, 11) is 2.04. The summed E-state index contributed by atoms with van der Waals surface area (Å²) in [6.07, 6.45) is 3.59. The Kier molecular flexibility index (Phi) is 5.05. The highest BCUT2D eigenvalue weighted by atomic mass is 16.5. The number of ether oxygens (including phenoxy) is 1. The summed E-state index contributed by atoms with van der Waals surface area (Å²) in [6.45, 7) is 3.86. The molecule has 4 heteroatoms. The molecule has 1 fully saturated rings. The number of hydrogen-bond acceptors (Lipinski definition) is 3. The number of carboxylic acid groups (broad SMARTS) is 1. The molecule has 0 saturated carbocycles. The van der Waals surface area contributed by atoms with Crippen molar-refractivity contribution >= 4 is 5.97 Å². The molecule has 1 aliphatic rings. The summed E-state index contributed by atoms with van der Waals surface area (Å²) < 4.78 is 5.54. The highest BCUT2D eigenvalue weighted by molar-refractivity contribution is 5.66. The van der Waals surface area contributed by atoms with E-state index in [2.05, 4.69) is 11.8 Å². The highest BCUT2D eigenvalue weighted by Crippen LogP contribution is 2.14. The number of aliphatic carboxylic acids is 1. The number of carbonyl (C=O) groups is 1. The van der Waals surface area contributed by atoms with Gasteiger partial charge in [0.25, 0.3) is 0 Å². The third kappa shape index (κ3) is 4.62. The molecule has 1 N–H and O–H groups in total. The van der Waals surface area contributed by atoms with Crippen LogP contribution in [-0.2, 0) is 9.53 Å². The van der Waals surface area contributed by atoms with E-state index >= 15 is 0 Å². The van der Waals surface area contributed by atoms with Crippen LogP contribution >= 0.6 is 0 Å². The third-order valence-corrected chi connectivity index (χ3v) is 3.04. The fraction of sp³-hybridized carbons (Fsp3) is 0.909. The van der Waals surface area contributed by atoms with Gasteiger partial charge in [0.1, 0.15) is 0 Å². The van der Waals surface area contributed by atoms with Gasteiger partial charge in [-0.25, -0.2) is 0 Å². The fourth-order valence-electron chi connectivity index (χ4n) is 1.84. The maximum atomic E-state index is 10.4. The minimum Gasteiger partial charge on any atom is -0.481 e. The molecule has 1 heterocycles. The Balaban J connectivity index is 2.19. The van der Waals surface area contributed by atoms with Crippen LogP contribution in [0.1, 0.15) is 32.6 Å². The molecule has 88 valence electrons. The van der Waals surface area contributed by atoms with Crippen LogP contribution in [0.15, 0.2) is 0 Å². The van der Waals surface area contributed by atoms with E-state index in [1.807, 2.05) is 7.05 Å². The van der Waals surface area contributed by atoms with Crippen LogP contribution in [0.3, 0.4) is 0 Å². The van der Waals surface area contributed by atoms with Crippen molar-refractivity contribution in [2.45, 2.75) is 44.8 Å². The lowest BCUT2D eigenvalue weighted by Gasteiger charge is -2.26. The third-order valence-electron chi connectivity index (χ3n) is 3.04. The quantitative estimate of drug-likeness (QED) is 0.726. The predicted molar refractivity (Wildman–Crippen MR) is 57.9 cm³/mol. The Bertz CT molecular complexity index is 202. The molecule has 0 aromatic carbocycles. The van der Waals surface area contributed by atoms with Gasteiger partial charge in [-0.2, -0.15) is 0 Å². The smallest absolute Gasteiger partial charge is 0.303 e. The molecule has 0 bridgehead atoms. The Morgan fingerprint density at radius 2 is 2.40 bits per heavy atom. The Morgan fingerprint density at radius 1 is 1.67 bits per heavy atom. The monoisotopic (exact) mass is 215 g/mol. The van der Waals surface area contributed by atoms with Crippen molar-refractivity contribution in [2.24, 2.45) is 0 Å². The van der Waals surface area contributed by atoms with Gasteiger partial charge < -0.3 is 14.7 Å². The van der Waals surface area contributed by atoms with Crippen LogP contribution in [-0.4, -0.2) is 48.3 Å². The number of carboxylic acids is 1. The molecule has 0 aromatic heterocycles.